The lowest BCUT2D eigenvalue weighted by atomic mass is 9.96. The van der Waals surface area contributed by atoms with Crippen LogP contribution in [-0.2, 0) is 11.3 Å². The van der Waals surface area contributed by atoms with Crippen molar-refractivity contribution >= 4 is 5.91 Å². The third kappa shape index (κ3) is 4.58. The fraction of sp³-hybridized carbons (Fsp3) is 0.650. The van der Waals surface area contributed by atoms with Gasteiger partial charge in [0, 0.05) is 13.1 Å². The van der Waals surface area contributed by atoms with Gasteiger partial charge in [0.25, 0.3) is 0 Å². The standard InChI is InChI=1S/C20H31N3O/c1-2-22-13-10-17(11-14-22)15-21-20(24)19-9-6-12-23(19)16-18-7-4-3-5-8-18/h3-5,7-8,17,19H,2,6,9-16H2,1H3,(H,21,24). The zero-order chi connectivity index (χ0) is 16.8. The van der Waals surface area contributed by atoms with Gasteiger partial charge in [-0.1, -0.05) is 37.3 Å². The molecule has 0 saturated carbocycles. The minimum Gasteiger partial charge on any atom is -0.354 e. The van der Waals surface area contributed by atoms with Gasteiger partial charge in [-0.3, -0.25) is 9.69 Å². The summed E-state index contributed by atoms with van der Waals surface area (Å²) in [5, 5.41) is 3.24. The van der Waals surface area contributed by atoms with E-state index < -0.39 is 0 Å². The molecule has 1 N–H and O–H groups in total. The van der Waals surface area contributed by atoms with Gasteiger partial charge >= 0.3 is 0 Å². The monoisotopic (exact) mass is 329 g/mol. The van der Waals surface area contributed by atoms with Crippen LogP contribution in [0.3, 0.4) is 0 Å². The Morgan fingerprint density at radius 2 is 1.88 bits per heavy atom. The predicted molar refractivity (Wildman–Crippen MR) is 97.7 cm³/mol. The average molecular weight is 329 g/mol. The van der Waals surface area contributed by atoms with E-state index in [4.69, 9.17) is 0 Å². The molecule has 0 aromatic heterocycles. The molecule has 3 rings (SSSR count). The molecule has 2 fully saturated rings. The highest BCUT2D eigenvalue weighted by molar-refractivity contribution is 5.82. The highest BCUT2D eigenvalue weighted by Crippen LogP contribution is 2.21. The number of nitrogens with zero attached hydrogens (tertiary/aromatic N) is 2. The number of carbonyl (C=O) groups is 1. The van der Waals surface area contributed by atoms with Crippen LogP contribution >= 0.6 is 0 Å². The van der Waals surface area contributed by atoms with E-state index in [0.717, 1.165) is 39.0 Å². The molecule has 1 aromatic carbocycles. The molecular formula is C20H31N3O. The molecular weight excluding hydrogens is 298 g/mol. The fourth-order valence-electron chi connectivity index (χ4n) is 4.00. The number of carbonyl (C=O) groups excluding carboxylic acids is 1. The van der Waals surface area contributed by atoms with Crippen molar-refractivity contribution in [2.75, 3.05) is 32.7 Å². The van der Waals surface area contributed by atoms with Crippen LogP contribution < -0.4 is 5.32 Å². The molecule has 1 aromatic rings. The summed E-state index contributed by atoms with van der Waals surface area (Å²) in [6.45, 7) is 8.50. The second kappa shape index (κ2) is 8.63. The van der Waals surface area contributed by atoms with Crippen molar-refractivity contribution < 1.29 is 4.79 Å². The number of rotatable bonds is 6. The Labute approximate surface area is 146 Å². The number of hydrogen-bond acceptors (Lipinski definition) is 3. The van der Waals surface area contributed by atoms with Crippen LogP contribution in [-0.4, -0.2) is 54.5 Å². The van der Waals surface area contributed by atoms with Gasteiger partial charge in [0.15, 0.2) is 0 Å². The molecule has 0 aliphatic carbocycles. The second-order valence-electron chi connectivity index (χ2n) is 7.24. The molecule has 0 spiro atoms. The van der Waals surface area contributed by atoms with E-state index in [1.807, 2.05) is 6.07 Å². The van der Waals surface area contributed by atoms with Gasteiger partial charge in [0.05, 0.1) is 6.04 Å². The Balaban J connectivity index is 1.45. The Morgan fingerprint density at radius 1 is 1.12 bits per heavy atom. The van der Waals surface area contributed by atoms with E-state index in [0.29, 0.717) is 5.92 Å². The van der Waals surface area contributed by atoms with Gasteiger partial charge in [0.2, 0.25) is 5.91 Å². The first-order valence-corrected chi connectivity index (χ1v) is 9.54. The smallest absolute Gasteiger partial charge is 0.237 e. The van der Waals surface area contributed by atoms with E-state index in [-0.39, 0.29) is 11.9 Å². The first-order chi connectivity index (χ1) is 11.8. The van der Waals surface area contributed by atoms with Crippen molar-refractivity contribution in [1.82, 2.24) is 15.1 Å². The van der Waals surface area contributed by atoms with Crippen LogP contribution in [0.15, 0.2) is 30.3 Å². The van der Waals surface area contributed by atoms with E-state index in [1.54, 1.807) is 0 Å². The molecule has 1 unspecified atom stereocenters. The van der Waals surface area contributed by atoms with Gasteiger partial charge in [-0.05, 0) is 63.3 Å². The lowest BCUT2D eigenvalue weighted by Gasteiger charge is -2.31. The molecule has 0 bridgehead atoms. The van der Waals surface area contributed by atoms with E-state index in [2.05, 4.69) is 46.3 Å². The van der Waals surface area contributed by atoms with E-state index >= 15 is 0 Å². The zero-order valence-corrected chi connectivity index (χ0v) is 14.9. The van der Waals surface area contributed by atoms with Crippen molar-refractivity contribution in [2.45, 2.75) is 45.2 Å². The Bertz CT molecular complexity index is 511. The van der Waals surface area contributed by atoms with Crippen LogP contribution in [0, 0.1) is 5.92 Å². The highest BCUT2D eigenvalue weighted by Gasteiger charge is 2.31. The minimum atomic E-state index is 0.0564. The Morgan fingerprint density at radius 3 is 2.58 bits per heavy atom. The molecule has 24 heavy (non-hydrogen) atoms. The van der Waals surface area contributed by atoms with Crippen LogP contribution in [0.4, 0.5) is 0 Å². The molecule has 2 heterocycles. The Hall–Kier alpha value is -1.39. The van der Waals surface area contributed by atoms with Crippen LogP contribution in [0.25, 0.3) is 0 Å². The lowest BCUT2D eigenvalue weighted by molar-refractivity contribution is -0.125. The fourth-order valence-corrected chi connectivity index (χ4v) is 4.00. The number of benzene rings is 1. The molecule has 0 radical (unpaired) electrons. The third-order valence-corrected chi connectivity index (χ3v) is 5.61. The van der Waals surface area contributed by atoms with Crippen molar-refractivity contribution in [3.8, 4) is 0 Å². The summed E-state index contributed by atoms with van der Waals surface area (Å²) in [5.41, 5.74) is 1.30. The maximum absolute atomic E-state index is 12.6. The zero-order valence-electron chi connectivity index (χ0n) is 14.9. The average Bonchev–Trinajstić information content (AvgIpc) is 3.09. The number of amides is 1. The summed E-state index contributed by atoms with van der Waals surface area (Å²) in [6.07, 6.45) is 4.55. The third-order valence-electron chi connectivity index (χ3n) is 5.61. The SMILES string of the molecule is CCN1CCC(CNC(=O)C2CCCN2Cc2ccccc2)CC1. The molecule has 1 atom stereocenters. The quantitative estimate of drug-likeness (QED) is 0.871. The van der Waals surface area contributed by atoms with Crippen molar-refractivity contribution in [3.05, 3.63) is 35.9 Å². The summed E-state index contributed by atoms with van der Waals surface area (Å²) in [4.78, 5) is 17.5. The predicted octanol–water partition coefficient (Wildman–Crippen LogP) is 2.50. The van der Waals surface area contributed by atoms with Gasteiger partial charge in [-0.2, -0.15) is 0 Å². The summed E-state index contributed by atoms with van der Waals surface area (Å²) >= 11 is 0. The van der Waals surface area contributed by atoms with E-state index in [1.165, 1.54) is 31.5 Å². The van der Waals surface area contributed by atoms with Crippen molar-refractivity contribution in [3.63, 3.8) is 0 Å². The number of piperidine rings is 1. The largest absolute Gasteiger partial charge is 0.354 e. The minimum absolute atomic E-state index is 0.0564. The van der Waals surface area contributed by atoms with Gasteiger partial charge in [0.1, 0.15) is 0 Å². The molecule has 2 aliphatic heterocycles. The number of nitrogens with one attached hydrogen (secondary N) is 1. The van der Waals surface area contributed by atoms with Gasteiger partial charge in [-0.15, -0.1) is 0 Å². The molecule has 2 aliphatic rings. The number of hydrogen-bond donors (Lipinski definition) is 1. The maximum atomic E-state index is 12.6. The summed E-state index contributed by atoms with van der Waals surface area (Å²) in [7, 11) is 0. The molecule has 132 valence electrons. The number of likely N-dealkylation sites (tertiary alicyclic amines) is 2. The Kier molecular flexibility index (Phi) is 6.27. The first-order valence-electron chi connectivity index (χ1n) is 9.54. The second-order valence-corrected chi connectivity index (χ2v) is 7.24. The molecule has 2 saturated heterocycles. The lowest BCUT2D eigenvalue weighted by Crippen LogP contribution is -2.45. The van der Waals surface area contributed by atoms with Crippen LogP contribution in [0.2, 0.25) is 0 Å². The molecule has 4 heteroatoms. The highest BCUT2D eigenvalue weighted by atomic mass is 16.2. The van der Waals surface area contributed by atoms with Gasteiger partial charge < -0.3 is 10.2 Å². The summed E-state index contributed by atoms with van der Waals surface area (Å²) < 4.78 is 0. The summed E-state index contributed by atoms with van der Waals surface area (Å²) in [5.74, 6) is 0.891. The summed E-state index contributed by atoms with van der Waals surface area (Å²) in [6, 6.07) is 10.5. The van der Waals surface area contributed by atoms with Crippen LogP contribution in [0.5, 0.6) is 0 Å². The topological polar surface area (TPSA) is 35.6 Å². The maximum Gasteiger partial charge on any atom is 0.237 e. The van der Waals surface area contributed by atoms with Crippen molar-refractivity contribution in [1.29, 1.82) is 0 Å². The van der Waals surface area contributed by atoms with Gasteiger partial charge in [-0.25, -0.2) is 0 Å². The van der Waals surface area contributed by atoms with Crippen molar-refractivity contribution in [2.24, 2.45) is 5.92 Å². The van der Waals surface area contributed by atoms with Crippen LogP contribution in [0.1, 0.15) is 38.2 Å². The molecule has 1 amide bonds. The molecule has 4 nitrogen and oxygen atoms in total. The van der Waals surface area contributed by atoms with E-state index in [9.17, 15) is 4.79 Å². The first kappa shape index (κ1) is 17.4. The normalized spacial score (nSPS) is 23.5.